The zero-order valence-electron chi connectivity index (χ0n) is 16.0. The van der Waals surface area contributed by atoms with Crippen LogP contribution in [0, 0.1) is 13.8 Å². The molecule has 1 N–H and O–H groups in total. The first kappa shape index (κ1) is 18.0. The Labute approximate surface area is 164 Å². The highest BCUT2D eigenvalue weighted by molar-refractivity contribution is 6.04. The molecule has 0 bridgehead atoms. The zero-order valence-corrected chi connectivity index (χ0v) is 16.0. The first-order valence-corrected chi connectivity index (χ1v) is 9.36. The van der Waals surface area contributed by atoms with Gasteiger partial charge in [-0.3, -0.25) is 9.59 Å². The predicted molar refractivity (Wildman–Crippen MR) is 110 cm³/mol. The molecule has 0 aliphatic carbocycles. The lowest BCUT2D eigenvalue weighted by molar-refractivity contribution is -0.120. The molecule has 0 saturated carbocycles. The molecule has 0 unspecified atom stereocenters. The van der Waals surface area contributed by atoms with Gasteiger partial charge in [0.1, 0.15) is 6.04 Å². The molecule has 4 rings (SSSR count). The summed E-state index contributed by atoms with van der Waals surface area (Å²) in [6.45, 7) is 4.42. The highest BCUT2D eigenvalue weighted by Gasteiger charge is 2.37. The van der Waals surface area contributed by atoms with Crippen molar-refractivity contribution in [3.63, 3.8) is 0 Å². The van der Waals surface area contributed by atoms with Crippen LogP contribution in [0.5, 0.6) is 0 Å². The molecule has 3 aromatic rings. The van der Waals surface area contributed by atoms with Gasteiger partial charge in [-0.15, -0.1) is 0 Å². The molecule has 1 heterocycles. The Kier molecular flexibility index (Phi) is 4.70. The third-order valence-electron chi connectivity index (χ3n) is 5.01. The van der Waals surface area contributed by atoms with E-state index in [-0.39, 0.29) is 11.8 Å². The molecule has 0 aromatic heterocycles. The summed E-state index contributed by atoms with van der Waals surface area (Å²) in [7, 11) is 0. The van der Waals surface area contributed by atoms with Crippen molar-refractivity contribution in [3.05, 3.63) is 101 Å². The van der Waals surface area contributed by atoms with Gasteiger partial charge in [0.2, 0.25) is 0 Å². The quantitative estimate of drug-likeness (QED) is 0.727. The fourth-order valence-corrected chi connectivity index (χ4v) is 3.85. The summed E-state index contributed by atoms with van der Waals surface area (Å²) < 4.78 is 0. The smallest absolute Gasteiger partial charge is 0.255 e. The molecule has 0 spiro atoms. The summed E-state index contributed by atoms with van der Waals surface area (Å²) in [5, 5.41) is 3.01. The van der Waals surface area contributed by atoms with E-state index in [0.717, 1.165) is 27.9 Å². The Morgan fingerprint density at radius 2 is 1.57 bits per heavy atom. The van der Waals surface area contributed by atoms with Crippen molar-refractivity contribution in [2.24, 2.45) is 0 Å². The summed E-state index contributed by atoms with van der Waals surface area (Å²) in [4.78, 5) is 28.0. The molecule has 28 heavy (non-hydrogen) atoms. The van der Waals surface area contributed by atoms with Crippen LogP contribution in [0.4, 0.5) is 5.69 Å². The minimum absolute atomic E-state index is 0.111. The minimum Gasteiger partial charge on any atom is -0.324 e. The molecule has 1 aliphatic heterocycles. The highest BCUT2D eigenvalue weighted by atomic mass is 16.2. The molecule has 4 nitrogen and oxygen atoms in total. The Morgan fingerprint density at radius 3 is 2.25 bits per heavy atom. The number of benzene rings is 3. The van der Waals surface area contributed by atoms with Crippen LogP contribution in [-0.4, -0.2) is 16.7 Å². The van der Waals surface area contributed by atoms with E-state index >= 15 is 0 Å². The zero-order chi connectivity index (χ0) is 19.7. The van der Waals surface area contributed by atoms with Gasteiger partial charge in [-0.1, -0.05) is 54.6 Å². The lowest BCUT2D eigenvalue weighted by atomic mass is 10.0. The molecule has 3 aromatic carbocycles. The van der Waals surface area contributed by atoms with E-state index < -0.39 is 6.04 Å². The van der Waals surface area contributed by atoms with E-state index in [9.17, 15) is 9.59 Å². The average molecular weight is 370 g/mol. The van der Waals surface area contributed by atoms with Crippen LogP contribution in [0.2, 0.25) is 0 Å². The third kappa shape index (κ3) is 3.41. The van der Waals surface area contributed by atoms with E-state index in [2.05, 4.69) is 11.4 Å². The number of amides is 2. The molecular formula is C24H22N2O2. The van der Waals surface area contributed by atoms with E-state index in [0.29, 0.717) is 12.1 Å². The highest BCUT2D eigenvalue weighted by Crippen LogP contribution is 2.32. The number of aryl methyl sites for hydroxylation is 2. The maximum absolute atomic E-state index is 13.3. The Hall–Kier alpha value is -3.40. The maximum atomic E-state index is 13.3. The van der Waals surface area contributed by atoms with Crippen molar-refractivity contribution >= 4 is 17.5 Å². The van der Waals surface area contributed by atoms with Gasteiger partial charge in [0, 0.05) is 17.8 Å². The van der Waals surface area contributed by atoms with Crippen LogP contribution in [0.3, 0.4) is 0 Å². The topological polar surface area (TPSA) is 49.4 Å². The number of fused-ring (bicyclic) bond motifs is 1. The number of hydrogen-bond donors (Lipinski definition) is 1. The summed E-state index contributed by atoms with van der Waals surface area (Å²) in [5.41, 5.74) is 5.32. The molecule has 0 fully saturated rings. The lowest BCUT2D eigenvalue weighted by Crippen LogP contribution is -2.37. The number of nitrogens with zero attached hydrogens (tertiary/aromatic N) is 1. The molecule has 0 saturated heterocycles. The van der Waals surface area contributed by atoms with Crippen LogP contribution in [-0.2, 0) is 11.3 Å². The van der Waals surface area contributed by atoms with E-state index in [1.165, 1.54) is 0 Å². The number of hydrogen-bond acceptors (Lipinski definition) is 2. The number of nitrogens with one attached hydrogen (secondary N) is 1. The Bertz CT molecular complexity index is 1020. The van der Waals surface area contributed by atoms with E-state index in [1.807, 2.05) is 80.6 Å². The first-order chi connectivity index (χ1) is 13.5. The fourth-order valence-electron chi connectivity index (χ4n) is 3.85. The summed E-state index contributed by atoms with van der Waals surface area (Å²) >= 11 is 0. The summed E-state index contributed by atoms with van der Waals surface area (Å²) in [6.07, 6.45) is 0. The molecule has 0 radical (unpaired) electrons. The number of anilines is 1. The molecule has 140 valence electrons. The largest absolute Gasteiger partial charge is 0.324 e. The molecule has 1 atom stereocenters. The second-order valence-corrected chi connectivity index (χ2v) is 7.27. The minimum atomic E-state index is -0.693. The van der Waals surface area contributed by atoms with E-state index in [4.69, 9.17) is 0 Å². The van der Waals surface area contributed by atoms with Gasteiger partial charge in [-0.25, -0.2) is 0 Å². The lowest BCUT2D eigenvalue weighted by Gasteiger charge is -2.27. The van der Waals surface area contributed by atoms with Gasteiger partial charge < -0.3 is 10.2 Å². The van der Waals surface area contributed by atoms with Gasteiger partial charge in [-0.05, 0) is 54.3 Å². The van der Waals surface area contributed by atoms with Crippen molar-refractivity contribution in [2.75, 3.05) is 5.32 Å². The molecule has 4 heteroatoms. The summed E-state index contributed by atoms with van der Waals surface area (Å²) in [6, 6.07) is 22.2. The molecular weight excluding hydrogens is 348 g/mol. The molecule has 1 aliphatic rings. The van der Waals surface area contributed by atoms with Crippen molar-refractivity contribution in [2.45, 2.75) is 26.4 Å². The van der Waals surface area contributed by atoms with Crippen molar-refractivity contribution in [3.8, 4) is 0 Å². The number of carbonyl (C=O) groups excluding carboxylic acids is 2. The van der Waals surface area contributed by atoms with Crippen LogP contribution < -0.4 is 5.32 Å². The van der Waals surface area contributed by atoms with Crippen molar-refractivity contribution in [1.29, 1.82) is 0 Å². The monoisotopic (exact) mass is 370 g/mol. The van der Waals surface area contributed by atoms with Crippen LogP contribution >= 0.6 is 0 Å². The normalized spacial score (nSPS) is 13.9. The van der Waals surface area contributed by atoms with Crippen LogP contribution in [0.15, 0.2) is 72.8 Å². The van der Waals surface area contributed by atoms with Gasteiger partial charge in [-0.2, -0.15) is 0 Å². The van der Waals surface area contributed by atoms with Crippen LogP contribution in [0.25, 0.3) is 0 Å². The second kappa shape index (κ2) is 7.31. The molecule has 2 amide bonds. The first-order valence-electron chi connectivity index (χ1n) is 9.36. The van der Waals surface area contributed by atoms with Crippen molar-refractivity contribution in [1.82, 2.24) is 4.90 Å². The number of carbonyl (C=O) groups is 2. The maximum Gasteiger partial charge on any atom is 0.255 e. The van der Waals surface area contributed by atoms with Gasteiger partial charge >= 0.3 is 0 Å². The SMILES string of the molecule is Cc1cc(C)cc(NC(=O)[C@H](c2ccccc2)N2Cc3ccccc3C2=O)c1. The van der Waals surface area contributed by atoms with Gasteiger partial charge in [0.15, 0.2) is 0 Å². The Morgan fingerprint density at radius 1 is 0.929 bits per heavy atom. The third-order valence-corrected chi connectivity index (χ3v) is 5.01. The Balaban J connectivity index is 1.69. The van der Waals surface area contributed by atoms with Gasteiger partial charge in [0.25, 0.3) is 11.8 Å². The average Bonchev–Trinajstić information content (AvgIpc) is 2.99. The summed E-state index contributed by atoms with van der Waals surface area (Å²) in [5.74, 6) is -0.322. The predicted octanol–water partition coefficient (Wildman–Crippen LogP) is 4.64. The number of rotatable bonds is 4. The van der Waals surface area contributed by atoms with Crippen molar-refractivity contribution < 1.29 is 9.59 Å². The van der Waals surface area contributed by atoms with E-state index in [1.54, 1.807) is 4.90 Å². The van der Waals surface area contributed by atoms with Gasteiger partial charge in [0.05, 0.1) is 0 Å². The fraction of sp³-hybridized carbons (Fsp3) is 0.167. The van der Waals surface area contributed by atoms with Crippen LogP contribution in [0.1, 0.15) is 38.7 Å². The standard InChI is InChI=1S/C24H22N2O2/c1-16-12-17(2)14-20(13-16)25-23(27)22(18-8-4-3-5-9-18)26-15-19-10-6-7-11-21(19)24(26)28/h3-14,22H,15H2,1-2H3,(H,25,27)/t22-/m0/s1. The second-order valence-electron chi connectivity index (χ2n) is 7.27.